The summed E-state index contributed by atoms with van der Waals surface area (Å²) in [5, 5.41) is 4.33. The maximum absolute atomic E-state index is 6.13. The Labute approximate surface area is 104 Å². The number of hydrogen-bond acceptors (Lipinski definition) is 2. The van der Waals surface area contributed by atoms with Gasteiger partial charge < -0.3 is 10.2 Å². The summed E-state index contributed by atoms with van der Waals surface area (Å²) in [5.74, 6) is 0. The zero-order valence-electron chi connectivity index (χ0n) is 10.3. The number of benzene rings is 1. The Kier molecular flexibility index (Phi) is 5.81. The summed E-state index contributed by atoms with van der Waals surface area (Å²) in [5.41, 5.74) is 1.18. The van der Waals surface area contributed by atoms with E-state index in [0.29, 0.717) is 6.04 Å². The standard InChI is InChI=1S/C13H21ClN2/c1-11(15-9-6-10-16(2)3)12-7-4-5-8-13(12)14/h4-5,7-8,11,15H,6,9-10H2,1-3H3/t11-/m1/s1. The molecule has 90 valence electrons. The average Bonchev–Trinajstić information content (AvgIpc) is 2.24. The second-order valence-corrected chi connectivity index (χ2v) is 4.76. The Hall–Kier alpha value is -0.570. The maximum Gasteiger partial charge on any atom is 0.0453 e. The van der Waals surface area contributed by atoms with Crippen LogP contribution in [0.5, 0.6) is 0 Å². The fourth-order valence-corrected chi connectivity index (χ4v) is 1.95. The van der Waals surface area contributed by atoms with Gasteiger partial charge in [-0.05, 0) is 52.2 Å². The molecular weight excluding hydrogens is 220 g/mol. The summed E-state index contributed by atoms with van der Waals surface area (Å²) in [6.07, 6.45) is 1.15. The van der Waals surface area contributed by atoms with Crippen molar-refractivity contribution in [2.75, 3.05) is 27.2 Å². The van der Waals surface area contributed by atoms with E-state index in [1.165, 1.54) is 5.56 Å². The fraction of sp³-hybridized carbons (Fsp3) is 0.538. The average molecular weight is 241 g/mol. The Balaban J connectivity index is 2.35. The molecule has 0 heterocycles. The van der Waals surface area contributed by atoms with Gasteiger partial charge in [0.1, 0.15) is 0 Å². The van der Waals surface area contributed by atoms with Gasteiger partial charge in [-0.1, -0.05) is 29.8 Å². The van der Waals surface area contributed by atoms with Gasteiger partial charge in [0.2, 0.25) is 0 Å². The third-order valence-corrected chi connectivity index (χ3v) is 2.95. The quantitative estimate of drug-likeness (QED) is 0.770. The van der Waals surface area contributed by atoms with Crippen LogP contribution in [0.2, 0.25) is 5.02 Å². The van der Waals surface area contributed by atoms with Crippen molar-refractivity contribution in [2.45, 2.75) is 19.4 Å². The van der Waals surface area contributed by atoms with Crippen molar-refractivity contribution < 1.29 is 0 Å². The minimum Gasteiger partial charge on any atom is -0.310 e. The highest BCUT2D eigenvalue weighted by atomic mass is 35.5. The van der Waals surface area contributed by atoms with Crippen molar-refractivity contribution in [1.82, 2.24) is 10.2 Å². The van der Waals surface area contributed by atoms with Crippen molar-refractivity contribution in [2.24, 2.45) is 0 Å². The summed E-state index contributed by atoms with van der Waals surface area (Å²) < 4.78 is 0. The van der Waals surface area contributed by atoms with Crippen LogP contribution >= 0.6 is 11.6 Å². The van der Waals surface area contributed by atoms with Gasteiger partial charge in [-0.25, -0.2) is 0 Å². The van der Waals surface area contributed by atoms with Gasteiger partial charge in [-0.3, -0.25) is 0 Å². The van der Waals surface area contributed by atoms with Crippen molar-refractivity contribution in [3.63, 3.8) is 0 Å². The van der Waals surface area contributed by atoms with Crippen LogP contribution < -0.4 is 5.32 Å². The van der Waals surface area contributed by atoms with E-state index in [2.05, 4.69) is 37.3 Å². The van der Waals surface area contributed by atoms with Crippen LogP contribution in [0.1, 0.15) is 24.9 Å². The molecule has 0 aromatic heterocycles. The Morgan fingerprint density at radius 1 is 1.31 bits per heavy atom. The van der Waals surface area contributed by atoms with Gasteiger partial charge in [0.25, 0.3) is 0 Å². The van der Waals surface area contributed by atoms with Crippen LogP contribution in [-0.2, 0) is 0 Å². The van der Waals surface area contributed by atoms with E-state index in [1.54, 1.807) is 0 Å². The van der Waals surface area contributed by atoms with E-state index in [9.17, 15) is 0 Å². The molecule has 1 aromatic carbocycles. The van der Waals surface area contributed by atoms with Crippen LogP contribution in [0, 0.1) is 0 Å². The van der Waals surface area contributed by atoms with Crippen molar-refractivity contribution in [1.29, 1.82) is 0 Å². The van der Waals surface area contributed by atoms with Crippen LogP contribution in [0.15, 0.2) is 24.3 Å². The molecule has 0 radical (unpaired) electrons. The molecule has 16 heavy (non-hydrogen) atoms. The van der Waals surface area contributed by atoms with Gasteiger partial charge in [0, 0.05) is 11.1 Å². The lowest BCUT2D eigenvalue weighted by atomic mass is 10.1. The first-order valence-corrected chi connectivity index (χ1v) is 6.11. The first-order valence-electron chi connectivity index (χ1n) is 5.74. The number of rotatable bonds is 6. The van der Waals surface area contributed by atoms with Crippen LogP contribution in [0.4, 0.5) is 0 Å². The molecule has 1 N–H and O–H groups in total. The molecule has 0 aliphatic rings. The summed E-state index contributed by atoms with van der Waals surface area (Å²) in [6.45, 7) is 4.28. The molecule has 0 aliphatic carbocycles. The third-order valence-electron chi connectivity index (χ3n) is 2.60. The minimum atomic E-state index is 0.316. The highest BCUT2D eigenvalue weighted by Crippen LogP contribution is 2.21. The number of nitrogens with zero attached hydrogens (tertiary/aromatic N) is 1. The molecular formula is C13H21ClN2. The van der Waals surface area contributed by atoms with Crippen LogP contribution in [0.25, 0.3) is 0 Å². The summed E-state index contributed by atoms with van der Waals surface area (Å²) in [4.78, 5) is 2.20. The molecule has 0 amide bonds. The molecule has 1 rings (SSSR count). The van der Waals surface area contributed by atoms with E-state index >= 15 is 0 Å². The number of hydrogen-bond donors (Lipinski definition) is 1. The lowest BCUT2D eigenvalue weighted by Crippen LogP contribution is -2.23. The van der Waals surface area contributed by atoms with Gasteiger partial charge in [-0.2, -0.15) is 0 Å². The van der Waals surface area contributed by atoms with Crippen LogP contribution in [-0.4, -0.2) is 32.1 Å². The van der Waals surface area contributed by atoms with Crippen LogP contribution in [0.3, 0.4) is 0 Å². The molecule has 0 unspecified atom stereocenters. The molecule has 0 saturated carbocycles. The van der Waals surface area contributed by atoms with E-state index in [4.69, 9.17) is 11.6 Å². The maximum atomic E-state index is 6.13. The van der Waals surface area contributed by atoms with E-state index in [-0.39, 0.29) is 0 Å². The van der Waals surface area contributed by atoms with E-state index in [0.717, 1.165) is 24.5 Å². The largest absolute Gasteiger partial charge is 0.310 e. The Morgan fingerprint density at radius 2 is 2.00 bits per heavy atom. The monoisotopic (exact) mass is 240 g/mol. The second-order valence-electron chi connectivity index (χ2n) is 4.35. The summed E-state index contributed by atoms with van der Waals surface area (Å²) in [7, 11) is 4.19. The van der Waals surface area contributed by atoms with Crippen molar-refractivity contribution in [3.8, 4) is 0 Å². The molecule has 2 nitrogen and oxygen atoms in total. The zero-order chi connectivity index (χ0) is 12.0. The molecule has 0 fully saturated rings. The predicted octanol–water partition coefficient (Wildman–Crippen LogP) is 2.94. The highest BCUT2D eigenvalue weighted by Gasteiger charge is 2.07. The van der Waals surface area contributed by atoms with E-state index in [1.807, 2.05) is 18.2 Å². The normalized spacial score (nSPS) is 13.1. The second kappa shape index (κ2) is 6.89. The lowest BCUT2D eigenvalue weighted by Gasteiger charge is -2.16. The summed E-state index contributed by atoms with van der Waals surface area (Å²) >= 11 is 6.13. The van der Waals surface area contributed by atoms with Crippen molar-refractivity contribution >= 4 is 11.6 Å². The third kappa shape index (κ3) is 4.52. The molecule has 0 spiro atoms. The molecule has 1 atom stereocenters. The first-order chi connectivity index (χ1) is 7.61. The fourth-order valence-electron chi connectivity index (χ4n) is 1.65. The Bertz CT molecular complexity index is 313. The lowest BCUT2D eigenvalue weighted by molar-refractivity contribution is 0.389. The summed E-state index contributed by atoms with van der Waals surface area (Å²) in [6, 6.07) is 8.32. The number of nitrogens with one attached hydrogen (secondary N) is 1. The first kappa shape index (κ1) is 13.5. The molecule has 3 heteroatoms. The zero-order valence-corrected chi connectivity index (χ0v) is 11.1. The smallest absolute Gasteiger partial charge is 0.0453 e. The molecule has 1 aromatic rings. The molecule has 0 aliphatic heterocycles. The SMILES string of the molecule is C[C@@H](NCCCN(C)C)c1ccccc1Cl. The van der Waals surface area contributed by atoms with E-state index < -0.39 is 0 Å². The van der Waals surface area contributed by atoms with Gasteiger partial charge >= 0.3 is 0 Å². The van der Waals surface area contributed by atoms with Crippen molar-refractivity contribution in [3.05, 3.63) is 34.9 Å². The number of halogens is 1. The molecule has 0 saturated heterocycles. The van der Waals surface area contributed by atoms with Gasteiger partial charge in [0.15, 0.2) is 0 Å². The topological polar surface area (TPSA) is 15.3 Å². The Morgan fingerprint density at radius 3 is 2.62 bits per heavy atom. The van der Waals surface area contributed by atoms with Gasteiger partial charge in [-0.15, -0.1) is 0 Å². The predicted molar refractivity (Wildman–Crippen MR) is 71.0 cm³/mol. The minimum absolute atomic E-state index is 0.316. The molecule has 0 bridgehead atoms. The van der Waals surface area contributed by atoms with Gasteiger partial charge in [0.05, 0.1) is 0 Å². The highest BCUT2D eigenvalue weighted by molar-refractivity contribution is 6.31.